The second-order valence-electron chi connectivity index (χ2n) is 5.09. The maximum absolute atomic E-state index is 5.21. The van der Waals surface area contributed by atoms with E-state index in [9.17, 15) is 0 Å². The number of halogens is 1. The van der Waals surface area contributed by atoms with E-state index in [1.54, 1.807) is 7.11 Å². The van der Waals surface area contributed by atoms with Gasteiger partial charge in [0.05, 0.1) is 6.61 Å². The first kappa shape index (κ1) is 14.7. The van der Waals surface area contributed by atoms with Gasteiger partial charge in [0.2, 0.25) is 0 Å². The Morgan fingerprint density at radius 2 is 2.12 bits per heavy atom. The van der Waals surface area contributed by atoms with Gasteiger partial charge in [0.15, 0.2) is 0 Å². The summed E-state index contributed by atoms with van der Waals surface area (Å²) < 4.78 is 6.49. The van der Waals surface area contributed by atoms with Crippen LogP contribution in [0.3, 0.4) is 0 Å². The molecule has 0 amide bonds. The van der Waals surface area contributed by atoms with Crippen molar-refractivity contribution in [3.05, 3.63) is 39.5 Å². The Kier molecular flexibility index (Phi) is 6.20. The van der Waals surface area contributed by atoms with Crippen LogP contribution in [0.25, 0.3) is 6.08 Å². The van der Waals surface area contributed by atoms with Gasteiger partial charge in [0.1, 0.15) is 0 Å². The van der Waals surface area contributed by atoms with Crippen LogP contribution < -0.4 is 0 Å². The average Bonchev–Trinajstić information content (AvgIpc) is 2.24. The van der Waals surface area contributed by atoms with E-state index in [2.05, 4.69) is 72.9 Å². The van der Waals surface area contributed by atoms with Gasteiger partial charge in [-0.2, -0.15) is 0 Å². The summed E-state index contributed by atoms with van der Waals surface area (Å²) in [6.45, 7) is 5.32. The molecule has 0 aromatic heterocycles. The molecule has 0 radical (unpaired) electrons. The zero-order valence-electron chi connectivity index (χ0n) is 10.9. The number of benzene rings is 1. The monoisotopic (exact) mass is 344 g/mol. The molecule has 0 saturated carbocycles. The minimum Gasteiger partial charge on any atom is -0.384 e. The van der Waals surface area contributed by atoms with Crippen LogP contribution in [0.5, 0.6) is 0 Å². The minimum atomic E-state index is 0.268. The van der Waals surface area contributed by atoms with Gasteiger partial charge in [-0.3, -0.25) is 0 Å². The average molecular weight is 344 g/mol. The van der Waals surface area contributed by atoms with E-state index in [1.807, 2.05) is 0 Å². The summed E-state index contributed by atoms with van der Waals surface area (Å²) >= 11 is 2.34. The molecule has 0 aliphatic carbocycles. The number of rotatable bonds is 6. The minimum absolute atomic E-state index is 0.268. The second kappa shape index (κ2) is 7.17. The molecule has 1 rings (SSSR count). The van der Waals surface area contributed by atoms with Gasteiger partial charge in [-0.05, 0) is 58.5 Å². The summed E-state index contributed by atoms with van der Waals surface area (Å²) in [7, 11) is 1.77. The summed E-state index contributed by atoms with van der Waals surface area (Å²) in [4.78, 5) is 0. The molecule has 0 saturated heterocycles. The maximum atomic E-state index is 5.21. The molecule has 0 aliphatic rings. The summed E-state index contributed by atoms with van der Waals surface area (Å²) in [5.41, 5.74) is 1.55. The Morgan fingerprint density at radius 3 is 2.76 bits per heavy atom. The molecule has 94 valence electrons. The summed E-state index contributed by atoms with van der Waals surface area (Å²) in [5.74, 6) is 0. The van der Waals surface area contributed by atoms with Gasteiger partial charge < -0.3 is 4.74 Å². The standard InChI is InChI=1S/C15H21IO/c1-15(2,12-17-3)10-5-4-7-13-8-6-9-14(16)11-13/h4,6-9,11H,5,10,12H2,1-3H3/b7-4+. The Hall–Kier alpha value is -0.350. The number of hydrogen-bond donors (Lipinski definition) is 0. The molecule has 0 aliphatic heterocycles. The zero-order valence-corrected chi connectivity index (χ0v) is 13.0. The van der Waals surface area contributed by atoms with Crippen molar-refractivity contribution in [2.75, 3.05) is 13.7 Å². The lowest BCUT2D eigenvalue weighted by molar-refractivity contribution is 0.0990. The molecule has 1 aromatic carbocycles. The molecule has 1 nitrogen and oxygen atoms in total. The van der Waals surface area contributed by atoms with Gasteiger partial charge in [0.25, 0.3) is 0 Å². The molecular weight excluding hydrogens is 323 g/mol. The van der Waals surface area contributed by atoms with Gasteiger partial charge in [0, 0.05) is 10.7 Å². The highest BCUT2D eigenvalue weighted by Crippen LogP contribution is 2.22. The smallest absolute Gasteiger partial charge is 0.0513 e. The quantitative estimate of drug-likeness (QED) is 0.677. The van der Waals surface area contributed by atoms with Crippen molar-refractivity contribution in [2.24, 2.45) is 5.41 Å². The van der Waals surface area contributed by atoms with Crippen LogP contribution in [0.15, 0.2) is 30.3 Å². The van der Waals surface area contributed by atoms with Gasteiger partial charge in [-0.1, -0.05) is 38.1 Å². The van der Waals surface area contributed by atoms with Crippen LogP contribution in [0.4, 0.5) is 0 Å². The molecule has 0 atom stereocenters. The molecule has 0 N–H and O–H groups in total. The molecule has 0 spiro atoms. The van der Waals surface area contributed by atoms with E-state index in [0.29, 0.717) is 0 Å². The number of methoxy groups -OCH3 is 1. The molecule has 0 fully saturated rings. The van der Waals surface area contributed by atoms with E-state index in [4.69, 9.17) is 4.74 Å². The fraction of sp³-hybridized carbons (Fsp3) is 0.467. The van der Waals surface area contributed by atoms with E-state index in [1.165, 1.54) is 9.13 Å². The van der Waals surface area contributed by atoms with Crippen LogP contribution in [0, 0.1) is 8.99 Å². The summed E-state index contributed by atoms with van der Waals surface area (Å²) in [6.07, 6.45) is 6.71. The van der Waals surface area contributed by atoms with Crippen molar-refractivity contribution in [1.29, 1.82) is 0 Å². The fourth-order valence-electron chi connectivity index (χ4n) is 1.77. The molecule has 0 heterocycles. The van der Waals surface area contributed by atoms with Crippen molar-refractivity contribution < 1.29 is 4.74 Å². The molecule has 1 aromatic rings. The van der Waals surface area contributed by atoms with E-state index < -0.39 is 0 Å². The Balaban J connectivity index is 2.41. The fourth-order valence-corrected chi connectivity index (χ4v) is 2.33. The van der Waals surface area contributed by atoms with Gasteiger partial charge in [-0.15, -0.1) is 0 Å². The van der Waals surface area contributed by atoms with Crippen molar-refractivity contribution in [3.63, 3.8) is 0 Å². The topological polar surface area (TPSA) is 9.23 Å². The predicted molar refractivity (Wildman–Crippen MR) is 83.1 cm³/mol. The lowest BCUT2D eigenvalue weighted by Gasteiger charge is -2.22. The van der Waals surface area contributed by atoms with E-state index >= 15 is 0 Å². The predicted octanol–water partition coefficient (Wildman–Crippen LogP) is 4.76. The number of hydrogen-bond acceptors (Lipinski definition) is 1. The zero-order chi connectivity index (χ0) is 12.7. The Labute approximate surface area is 118 Å². The largest absolute Gasteiger partial charge is 0.384 e. The van der Waals surface area contributed by atoms with Crippen molar-refractivity contribution in [3.8, 4) is 0 Å². The maximum Gasteiger partial charge on any atom is 0.0513 e. The summed E-state index contributed by atoms with van der Waals surface area (Å²) in [6, 6.07) is 8.53. The highest BCUT2D eigenvalue weighted by Gasteiger charge is 2.15. The molecular formula is C15H21IO. The van der Waals surface area contributed by atoms with Gasteiger partial charge >= 0.3 is 0 Å². The SMILES string of the molecule is COCC(C)(C)CC/C=C/c1cccc(I)c1. The van der Waals surface area contributed by atoms with Crippen LogP contribution in [-0.2, 0) is 4.74 Å². The van der Waals surface area contributed by atoms with Crippen LogP contribution in [0.2, 0.25) is 0 Å². The van der Waals surface area contributed by atoms with Crippen molar-refractivity contribution >= 4 is 28.7 Å². The highest BCUT2D eigenvalue weighted by molar-refractivity contribution is 14.1. The first-order valence-corrected chi connectivity index (χ1v) is 7.02. The molecule has 17 heavy (non-hydrogen) atoms. The highest BCUT2D eigenvalue weighted by atomic mass is 127. The number of ether oxygens (including phenoxy) is 1. The normalized spacial score (nSPS) is 12.2. The second-order valence-corrected chi connectivity index (χ2v) is 6.34. The molecule has 0 bridgehead atoms. The lowest BCUT2D eigenvalue weighted by Crippen LogP contribution is -2.17. The first-order valence-electron chi connectivity index (χ1n) is 5.94. The molecule has 2 heteroatoms. The van der Waals surface area contributed by atoms with Crippen LogP contribution in [-0.4, -0.2) is 13.7 Å². The third kappa shape index (κ3) is 6.22. The van der Waals surface area contributed by atoms with Crippen LogP contribution in [0.1, 0.15) is 32.3 Å². The van der Waals surface area contributed by atoms with E-state index in [0.717, 1.165) is 19.4 Å². The van der Waals surface area contributed by atoms with E-state index in [-0.39, 0.29) is 5.41 Å². The van der Waals surface area contributed by atoms with Crippen molar-refractivity contribution in [1.82, 2.24) is 0 Å². The third-order valence-corrected chi connectivity index (χ3v) is 3.35. The first-order chi connectivity index (χ1) is 8.03. The Bertz CT molecular complexity index is 369. The van der Waals surface area contributed by atoms with Gasteiger partial charge in [-0.25, -0.2) is 0 Å². The molecule has 0 unspecified atom stereocenters. The van der Waals surface area contributed by atoms with Crippen LogP contribution >= 0.6 is 22.6 Å². The Morgan fingerprint density at radius 1 is 1.35 bits per heavy atom. The third-order valence-electron chi connectivity index (χ3n) is 2.68. The number of allylic oxidation sites excluding steroid dienone is 1. The summed E-state index contributed by atoms with van der Waals surface area (Å²) in [5, 5.41) is 0. The lowest BCUT2D eigenvalue weighted by atomic mass is 9.89. The van der Waals surface area contributed by atoms with Crippen molar-refractivity contribution in [2.45, 2.75) is 26.7 Å².